The molecule has 1 aliphatic rings. The van der Waals surface area contributed by atoms with Crippen molar-refractivity contribution >= 4 is 34.3 Å². The number of carbonyl (C=O) groups is 1. The second-order valence-electron chi connectivity index (χ2n) is 6.66. The van der Waals surface area contributed by atoms with Crippen LogP contribution in [0.3, 0.4) is 0 Å². The predicted molar refractivity (Wildman–Crippen MR) is 112 cm³/mol. The lowest BCUT2D eigenvalue weighted by Gasteiger charge is -2.32. The molecule has 0 bridgehead atoms. The number of hydrogen-bond acceptors (Lipinski definition) is 4. The highest BCUT2D eigenvalue weighted by Gasteiger charge is 2.32. The zero-order valence-corrected chi connectivity index (χ0v) is 15.1. The number of nitrogens with zero attached hydrogens (tertiary/aromatic N) is 3. The molecular formula is C24H17N3O. The molecule has 134 valence electrons. The van der Waals surface area contributed by atoms with Crippen molar-refractivity contribution in [2.75, 3.05) is 4.90 Å². The Morgan fingerprint density at radius 2 is 1.21 bits per heavy atom. The number of benzene rings is 3. The third-order valence-electron chi connectivity index (χ3n) is 4.88. The first-order valence-corrected chi connectivity index (χ1v) is 9.20. The molecule has 3 aromatic carbocycles. The Balaban J connectivity index is 1.64. The van der Waals surface area contributed by atoms with Gasteiger partial charge in [0.05, 0.1) is 16.7 Å². The first kappa shape index (κ1) is 16.4. The number of fused-ring (bicyclic) bond motifs is 2. The first-order chi connectivity index (χ1) is 13.8. The molecule has 0 aliphatic heterocycles. The van der Waals surface area contributed by atoms with Crippen LogP contribution in [0.4, 0.5) is 11.4 Å². The highest BCUT2D eigenvalue weighted by molar-refractivity contribution is 6.08. The second kappa shape index (κ2) is 6.74. The van der Waals surface area contributed by atoms with Gasteiger partial charge in [-0.2, -0.15) is 0 Å². The summed E-state index contributed by atoms with van der Waals surface area (Å²) in [5, 5.41) is 0. The summed E-state index contributed by atoms with van der Waals surface area (Å²) in [6.45, 7) is 0. The molecule has 0 amide bonds. The minimum atomic E-state index is -0.479. The summed E-state index contributed by atoms with van der Waals surface area (Å²) < 4.78 is 0. The van der Waals surface area contributed by atoms with E-state index in [1.165, 1.54) is 0 Å². The van der Waals surface area contributed by atoms with Crippen molar-refractivity contribution in [1.29, 1.82) is 0 Å². The van der Waals surface area contributed by atoms with Gasteiger partial charge in [0.2, 0.25) is 5.78 Å². The van der Waals surface area contributed by atoms with Crippen molar-refractivity contribution in [3.8, 4) is 0 Å². The van der Waals surface area contributed by atoms with Crippen molar-refractivity contribution < 1.29 is 4.79 Å². The van der Waals surface area contributed by atoms with Gasteiger partial charge >= 0.3 is 0 Å². The molecular weight excluding hydrogens is 346 g/mol. The smallest absolute Gasteiger partial charge is 0.210 e. The zero-order valence-electron chi connectivity index (χ0n) is 15.1. The maximum atomic E-state index is 13.5. The molecule has 1 aliphatic carbocycles. The molecule has 4 heteroatoms. The van der Waals surface area contributed by atoms with Crippen LogP contribution in [0.5, 0.6) is 0 Å². The lowest BCUT2D eigenvalue weighted by Crippen LogP contribution is -2.39. The van der Waals surface area contributed by atoms with E-state index in [4.69, 9.17) is 0 Å². The van der Waals surface area contributed by atoms with Crippen LogP contribution < -0.4 is 4.90 Å². The summed E-state index contributed by atoms with van der Waals surface area (Å²) in [5.74, 6) is -0.0524. The molecule has 0 fully saturated rings. The van der Waals surface area contributed by atoms with E-state index in [-0.39, 0.29) is 5.78 Å². The van der Waals surface area contributed by atoms with Crippen molar-refractivity contribution in [2.24, 2.45) is 0 Å². The Kier molecular flexibility index (Phi) is 3.95. The van der Waals surface area contributed by atoms with E-state index in [9.17, 15) is 4.79 Å². The van der Waals surface area contributed by atoms with Crippen LogP contribution in [0.25, 0.3) is 17.1 Å². The summed E-state index contributed by atoms with van der Waals surface area (Å²) >= 11 is 0. The summed E-state index contributed by atoms with van der Waals surface area (Å²) in [6.07, 6.45) is 3.81. The van der Waals surface area contributed by atoms with Gasteiger partial charge in [-0.25, -0.2) is 9.97 Å². The molecule has 0 saturated heterocycles. The van der Waals surface area contributed by atoms with Crippen molar-refractivity contribution in [1.82, 2.24) is 9.97 Å². The summed E-state index contributed by atoms with van der Waals surface area (Å²) in [6, 6.07) is 27.0. The van der Waals surface area contributed by atoms with Gasteiger partial charge in [0.25, 0.3) is 0 Å². The summed E-state index contributed by atoms with van der Waals surface area (Å²) in [7, 11) is 0. The topological polar surface area (TPSA) is 46.1 Å². The van der Waals surface area contributed by atoms with Gasteiger partial charge in [0, 0.05) is 11.4 Å². The van der Waals surface area contributed by atoms with Crippen molar-refractivity contribution in [2.45, 2.75) is 6.04 Å². The Bertz CT molecular complexity index is 1150. The SMILES string of the molecule is O=C1c2nc3ccccc3nc2C=CC1N(c1ccccc1)c1ccccc1. The number of hydrogen-bond donors (Lipinski definition) is 0. The van der Waals surface area contributed by atoms with Crippen LogP contribution >= 0.6 is 0 Å². The molecule has 1 unspecified atom stereocenters. The van der Waals surface area contributed by atoms with Crippen LogP contribution in [0.1, 0.15) is 16.2 Å². The van der Waals surface area contributed by atoms with E-state index < -0.39 is 6.04 Å². The first-order valence-electron chi connectivity index (χ1n) is 9.20. The fourth-order valence-corrected chi connectivity index (χ4v) is 3.57. The molecule has 1 heterocycles. The molecule has 1 aromatic heterocycles. The maximum Gasteiger partial charge on any atom is 0.210 e. The number of ketones is 1. The molecule has 1 atom stereocenters. The summed E-state index contributed by atoms with van der Waals surface area (Å²) in [5.41, 5.74) is 4.47. The van der Waals surface area contributed by atoms with E-state index >= 15 is 0 Å². The third-order valence-corrected chi connectivity index (χ3v) is 4.88. The Morgan fingerprint density at radius 1 is 0.679 bits per heavy atom. The normalized spacial score (nSPS) is 15.4. The average molecular weight is 363 g/mol. The molecule has 0 N–H and O–H groups in total. The number of carbonyl (C=O) groups excluding carboxylic acids is 1. The van der Waals surface area contributed by atoms with Gasteiger partial charge in [0.1, 0.15) is 11.7 Å². The van der Waals surface area contributed by atoms with Crippen molar-refractivity contribution in [3.05, 3.63) is 102 Å². The van der Waals surface area contributed by atoms with Crippen LogP contribution in [0, 0.1) is 0 Å². The highest BCUT2D eigenvalue weighted by Crippen LogP contribution is 2.32. The van der Waals surface area contributed by atoms with Gasteiger partial charge < -0.3 is 4.90 Å². The number of rotatable bonds is 3. The number of para-hydroxylation sites is 4. The zero-order chi connectivity index (χ0) is 18.9. The van der Waals surface area contributed by atoms with Crippen molar-refractivity contribution in [3.63, 3.8) is 0 Å². The molecule has 0 spiro atoms. The van der Waals surface area contributed by atoms with Gasteiger partial charge in [0.15, 0.2) is 0 Å². The van der Waals surface area contributed by atoms with E-state index in [0.29, 0.717) is 11.4 Å². The van der Waals surface area contributed by atoms with Gasteiger partial charge in [-0.1, -0.05) is 54.6 Å². The fraction of sp³-hybridized carbons (Fsp3) is 0.0417. The second-order valence-corrected chi connectivity index (χ2v) is 6.66. The molecule has 4 aromatic rings. The molecule has 0 radical (unpaired) electrons. The number of anilines is 2. The lowest BCUT2D eigenvalue weighted by atomic mass is 9.97. The number of aromatic nitrogens is 2. The maximum absolute atomic E-state index is 13.5. The van der Waals surface area contributed by atoms with E-state index in [2.05, 4.69) is 9.97 Å². The van der Waals surface area contributed by atoms with Gasteiger partial charge in [-0.3, -0.25) is 4.79 Å². The van der Waals surface area contributed by atoms with E-state index in [0.717, 1.165) is 22.4 Å². The predicted octanol–water partition coefficient (Wildman–Crippen LogP) is 5.05. The lowest BCUT2D eigenvalue weighted by molar-refractivity contribution is 0.0971. The Hall–Kier alpha value is -3.79. The summed E-state index contributed by atoms with van der Waals surface area (Å²) in [4.78, 5) is 24.7. The minimum Gasteiger partial charge on any atom is -0.327 e. The largest absolute Gasteiger partial charge is 0.327 e. The van der Waals surface area contributed by atoms with E-state index in [1.807, 2.05) is 102 Å². The van der Waals surface area contributed by atoms with Crippen LogP contribution in [0.15, 0.2) is 91.0 Å². The highest BCUT2D eigenvalue weighted by atomic mass is 16.1. The number of Topliss-reactive ketones (excluding diaryl/α,β-unsaturated/α-hetero) is 1. The van der Waals surface area contributed by atoms with E-state index in [1.54, 1.807) is 0 Å². The van der Waals surface area contributed by atoms with Crippen LogP contribution in [-0.2, 0) is 0 Å². The minimum absolute atomic E-state index is 0.0524. The van der Waals surface area contributed by atoms with Crippen LogP contribution in [0.2, 0.25) is 0 Å². The molecule has 28 heavy (non-hydrogen) atoms. The molecule has 4 nitrogen and oxygen atoms in total. The molecule has 0 saturated carbocycles. The van der Waals surface area contributed by atoms with Gasteiger partial charge in [-0.15, -0.1) is 0 Å². The standard InChI is InChI=1S/C24H17N3O/c28-24-22(16-15-21-23(24)26-20-14-8-7-13-19(20)25-21)27(17-9-3-1-4-10-17)18-11-5-2-6-12-18/h1-16,22H. The molecule has 5 rings (SSSR count). The fourth-order valence-electron chi connectivity index (χ4n) is 3.57. The Labute approximate surface area is 162 Å². The quantitative estimate of drug-likeness (QED) is 0.511. The third kappa shape index (κ3) is 2.76. The van der Waals surface area contributed by atoms with Gasteiger partial charge in [-0.05, 0) is 42.5 Å². The average Bonchev–Trinajstić information content (AvgIpc) is 2.76. The Morgan fingerprint density at radius 3 is 1.82 bits per heavy atom. The van der Waals surface area contributed by atoms with Crippen LogP contribution in [-0.4, -0.2) is 21.8 Å². The monoisotopic (exact) mass is 363 g/mol.